The molecule has 108 valence electrons. The fourth-order valence-electron chi connectivity index (χ4n) is 3.55. The Morgan fingerprint density at radius 1 is 1.28 bits per heavy atom. The van der Waals surface area contributed by atoms with Gasteiger partial charge in [0.1, 0.15) is 0 Å². The number of nitrogens with two attached hydrogens (primary N) is 1. The van der Waals surface area contributed by atoms with Gasteiger partial charge in [-0.05, 0) is 45.8 Å². The standard InChI is InChI=1S/C15H33N3/c1-5-8-15(13-16,9-6-2)18(4)12-14-7-10-17(3)11-14/h14H,5-13,16H2,1-4H3. The van der Waals surface area contributed by atoms with Crippen molar-refractivity contribution in [3.8, 4) is 0 Å². The van der Waals surface area contributed by atoms with Crippen molar-refractivity contribution in [1.82, 2.24) is 9.80 Å². The SMILES string of the molecule is CCCC(CN)(CCC)N(C)CC1CCN(C)C1. The number of likely N-dealkylation sites (tertiary alicyclic amines) is 1. The van der Waals surface area contributed by atoms with E-state index < -0.39 is 0 Å². The maximum atomic E-state index is 6.13. The first-order valence-corrected chi connectivity index (χ1v) is 7.67. The van der Waals surface area contributed by atoms with E-state index in [2.05, 4.69) is 37.7 Å². The number of hydrogen-bond donors (Lipinski definition) is 1. The molecule has 1 saturated heterocycles. The molecule has 1 unspecified atom stereocenters. The van der Waals surface area contributed by atoms with Crippen molar-refractivity contribution in [1.29, 1.82) is 0 Å². The van der Waals surface area contributed by atoms with Gasteiger partial charge in [0.15, 0.2) is 0 Å². The molecule has 0 radical (unpaired) electrons. The fourth-order valence-corrected chi connectivity index (χ4v) is 3.55. The van der Waals surface area contributed by atoms with Gasteiger partial charge in [-0.25, -0.2) is 0 Å². The van der Waals surface area contributed by atoms with E-state index in [4.69, 9.17) is 5.73 Å². The molecule has 3 heteroatoms. The van der Waals surface area contributed by atoms with Crippen LogP contribution in [0, 0.1) is 5.92 Å². The third-order valence-corrected chi connectivity index (χ3v) is 4.64. The zero-order valence-corrected chi connectivity index (χ0v) is 12.9. The van der Waals surface area contributed by atoms with Gasteiger partial charge >= 0.3 is 0 Å². The summed E-state index contributed by atoms with van der Waals surface area (Å²) in [6, 6.07) is 0. The molecule has 18 heavy (non-hydrogen) atoms. The van der Waals surface area contributed by atoms with E-state index in [-0.39, 0.29) is 5.54 Å². The van der Waals surface area contributed by atoms with Crippen LogP contribution in [0.1, 0.15) is 46.0 Å². The number of nitrogens with zero attached hydrogens (tertiary/aromatic N) is 2. The van der Waals surface area contributed by atoms with Gasteiger partial charge in [0.2, 0.25) is 0 Å². The summed E-state index contributed by atoms with van der Waals surface area (Å²) >= 11 is 0. The monoisotopic (exact) mass is 255 g/mol. The van der Waals surface area contributed by atoms with Crippen LogP contribution >= 0.6 is 0 Å². The van der Waals surface area contributed by atoms with Crippen molar-refractivity contribution < 1.29 is 0 Å². The predicted molar refractivity (Wildman–Crippen MR) is 79.8 cm³/mol. The minimum Gasteiger partial charge on any atom is -0.329 e. The maximum absolute atomic E-state index is 6.13. The van der Waals surface area contributed by atoms with Crippen LogP contribution in [-0.4, -0.2) is 55.6 Å². The lowest BCUT2D eigenvalue weighted by Crippen LogP contribution is -2.53. The predicted octanol–water partition coefficient (Wildman–Crippen LogP) is 2.17. The molecule has 0 aromatic rings. The molecule has 2 N–H and O–H groups in total. The number of likely N-dealkylation sites (N-methyl/N-ethyl adjacent to an activating group) is 1. The van der Waals surface area contributed by atoms with Crippen LogP contribution in [0.4, 0.5) is 0 Å². The molecular formula is C15H33N3. The smallest absolute Gasteiger partial charge is 0.0328 e. The van der Waals surface area contributed by atoms with Crippen molar-refractivity contribution >= 4 is 0 Å². The molecule has 1 aliphatic heterocycles. The zero-order valence-electron chi connectivity index (χ0n) is 12.9. The quantitative estimate of drug-likeness (QED) is 0.721. The molecule has 1 fully saturated rings. The Kier molecular flexibility index (Phi) is 6.61. The van der Waals surface area contributed by atoms with Gasteiger partial charge in [-0.15, -0.1) is 0 Å². The lowest BCUT2D eigenvalue weighted by Gasteiger charge is -2.42. The largest absolute Gasteiger partial charge is 0.329 e. The molecule has 0 saturated carbocycles. The topological polar surface area (TPSA) is 32.5 Å². The van der Waals surface area contributed by atoms with Gasteiger partial charge < -0.3 is 10.6 Å². The molecule has 0 aromatic carbocycles. The number of rotatable bonds is 8. The summed E-state index contributed by atoms with van der Waals surface area (Å²) in [5, 5.41) is 0. The normalized spacial score (nSPS) is 22.0. The molecule has 3 nitrogen and oxygen atoms in total. The van der Waals surface area contributed by atoms with Crippen LogP contribution in [0.2, 0.25) is 0 Å². The van der Waals surface area contributed by atoms with Crippen molar-refractivity contribution in [3.05, 3.63) is 0 Å². The summed E-state index contributed by atoms with van der Waals surface area (Å²) in [5.74, 6) is 0.833. The van der Waals surface area contributed by atoms with E-state index in [0.29, 0.717) is 0 Å². The fraction of sp³-hybridized carbons (Fsp3) is 1.00. The summed E-state index contributed by atoms with van der Waals surface area (Å²) in [6.45, 7) is 9.07. The summed E-state index contributed by atoms with van der Waals surface area (Å²) < 4.78 is 0. The highest BCUT2D eigenvalue weighted by Crippen LogP contribution is 2.27. The third-order valence-electron chi connectivity index (χ3n) is 4.64. The molecule has 0 bridgehead atoms. The second-order valence-electron chi connectivity index (χ2n) is 6.23. The zero-order chi connectivity index (χ0) is 13.6. The van der Waals surface area contributed by atoms with E-state index in [9.17, 15) is 0 Å². The first kappa shape index (κ1) is 15.9. The summed E-state index contributed by atoms with van der Waals surface area (Å²) in [5.41, 5.74) is 6.37. The summed E-state index contributed by atoms with van der Waals surface area (Å²) in [6.07, 6.45) is 6.27. The molecule has 1 rings (SSSR count). The Labute approximate surface area is 114 Å². The van der Waals surface area contributed by atoms with Crippen molar-refractivity contribution in [2.45, 2.75) is 51.5 Å². The van der Waals surface area contributed by atoms with Crippen molar-refractivity contribution in [2.75, 3.05) is 40.3 Å². The Morgan fingerprint density at radius 3 is 2.28 bits per heavy atom. The Hall–Kier alpha value is -0.120. The lowest BCUT2D eigenvalue weighted by molar-refractivity contribution is 0.0866. The molecule has 0 aliphatic carbocycles. The van der Waals surface area contributed by atoms with E-state index in [1.54, 1.807) is 0 Å². The van der Waals surface area contributed by atoms with Crippen LogP contribution in [0.5, 0.6) is 0 Å². The van der Waals surface area contributed by atoms with Gasteiger partial charge in [-0.3, -0.25) is 4.90 Å². The first-order chi connectivity index (χ1) is 8.57. The van der Waals surface area contributed by atoms with Crippen LogP contribution < -0.4 is 5.73 Å². The number of hydrogen-bond acceptors (Lipinski definition) is 3. The van der Waals surface area contributed by atoms with Gasteiger partial charge in [0.25, 0.3) is 0 Å². The van der Waals surface area contributed by atoms with Gasteiger partial charge in [-0.2, -0.15) is 0 Å². The molecular weight excluding hydrogens is 222 g/mol. The lowest BCUT2D eigenvalue weighted by atomic mass is 9.86. The van der Waals surface area contributed by atoms with Crippen LogP contribution in [0.15, 0.2) is 0 Å². The van der Waals surface area contributed by atoms with Crippen LogP contribution in [-0.2, 0) is 0 Å². The maximum Gasteiger partial charge on any atom is 0.0328 e. The second kappa shape index (κ2) is 7.46. The van der Waals surface area contributed by atoms with Crippen LogP contribution in [0.3, 0.4) is 0 Å². The van der Waals surface area contributed by atoms with E-state index >= 15 is 0 Å². The Bertz CT molecular complexity index is 224. The third kappa shape index (κ3) is 3.94. The molecule has 1 aliphatic rings. The highest BCUT2D eigenvalue weighted by molar-refractivity contribution is 4.91. The molecule has 0 aromatic heterocycles. The molecule has 1 atom stereocenters. The highest BCUT2D eigenvalue weighted by Gasteiger charge is 2.33. The Balaban J connectivity index is 2.60. The summed E-state index contributed by atoms with van der Waals surface area (Å²) in [7, 11) is 4.52. The van der Waals surface area contributed by atoms with E-state index in [0.717, 1.165) is 12.5 Å². The van der Waals surface area contributed by atoms with E-state index in [1.165, 1.54) is 51.7 Å². The average Bonchev–Trinajstić information content (AvgIpc) is 2.74. The Morgan fingerprint density at radius 2 is 1.89 bits per heavy atom. The molecule has 0 amide bonds. The highest BCUT2D eigenvalue weighted by atomic mass is 15.2. The first-order valence-electron chi connectivity index (χ1n) is 7.67. The van der Waals surface area contributed by atoms with Gasteiger partial charge in [-0.1, -0.05) is 26.7 Å². The van der Waals surface area contributed by atoms with Crippen molar-refractivity contribution in [2.24, 2.45) is 11.7 Å². The minimum atomic E-state index is 0.241. The van der Waals surface area contributed by atoms with E-state index in [1.807, 2.05) is 0 Å². The molecule has 1 heterocycles. The minimum absolute atomic E-state index is 0.241. The van der Waals surface area contributed by atoms with Crippen LogP contribution in [0.25, 0.3) is 0 Å². The van der Waals surface area contributed by atoms with Gasteiger partial charge in [0.05, 0.1) is 0 Å². The molecule has 0 spiro atoms. The van der Waals surface area contributed by atoms with Gasteiger partial charge in [0, 0.05) is 25.2 Å². The second-order valence-corrected chi connectivity index (χ2v) is 6.23. The average molecular weight is 255 g/mol. The summed E-state index contributed by atoms with van der Waals surface area (Å²) in [4.78, 5) is 5.02. The van der Waals surface area contributed by atoms with Crippen molar-refractivity contribution in [3.63, 3.8) is 0 Å².